The molecule has 0 atom stereocenters. The SMILES string of the molecule is CN=CC(=CN)c1cc(Nc2ncc(Br)c(Nc3ccc4nc(C5CC5)ccc4c3P(C)C)n2)c(OC)cc1N1CCN(c2cccnc2)CC1. The van der Waals surface area contributed by atoms with Crippen molar-refractivity contribution in [3.05, 3.63) is 89.1 Å². The highest BCUT2D eigenvalue weighted by Gasteiger charge is 2.26. The zero-order valence-electron chi connectivity index (χ0n) is 29.3. The van der Waals surface area contributed by atoms with Crippen molar-refractivity contribution in [2.45, 2.75) is 18.8 Å². The van der Waals surface area contributed by atoms with E-state index in [1.807, 2.05) is 18.3 Å². The third-order valence-corrected chi connectivity index (χ3v) is 11.2. The van der Waals surface area contributed by atoms with Gasteiger partial charge in [0.05, 0.1) is 34.7 Å². The Kier molecular flexibility index (Phi) is 10.3. The van der Waals surface area contributed by atoms with Crippen LogP contribution in [-0.2, 0) is 0 Å². The lowest BCUT2D eigenvalue weighted by atomic mass is 10.0. The van der Waals surface area contributed by atoms with Gasteiger partial charge in [-0.3, -0.25) is 15.0 Å². The number of hydrogen-bond donors (Lipinski definition) is 3. The van der Waals surface area contributed by atoms with Crippen molar-refractivity contribution in [2.24, 2.45) is 10.7 Å². The van der Waals surface area contributed by atoms with Crippen LogP contribution in [0.3, 0.4) is 0 Å². The van der Waals surface area contributed by atoms with Crippen molar-refractivity contribution < 1.29 is 4.74 Å². The molecule has 1 aliphatic heterocycles. The molecule has 1 saturated heterocycles. The van der Waals surface area contributed by atoms with Gasteiger partial charge in [-0.15, -0.1) is 0 Å². The minimum absolute atomic E-state index is 0.415. The molecule has 1 saturated carbocycles. The van der Waals surface area contributed by atoms with E-state index in [1.54, 1.807) is 39.0 Å². The Labute approximate surface area is 308 Å². The lowest BCUT2D eigenvalue weighted by molar-refractivity contribution is 0.416. The second-order valence-electron chi connectivity index (χ2n) is 12.8. The van der Waals surface area contributed by atoms with E-state index in [4.69, 9.17) is 20.4 Å². The Morgan fingerprint density at radius 2 is 1.80 bits per heavy atom. The fourth-order valence-electron chi connectivity index (χ4n) is 6.57. The van der Waals surface area contributed by atoms with Gasteiger partial charge < -0.3 is 30.9 Å². The number of aliphatic imine (C=N–C) groups is 1. The predicted octanol–water partition coefficient (Wildman–Crippen LogP) is 7.25. The van der Waals surface area contributed by atoms with E-state index >= 15 is 0 Å². The highest BCUT2D eigenvalue weighted by molar-refractivity contribution is 9.10. The molecule has 3 aromatic heterocycles. The Hall–Kier alpha value is -4.80. The van der Waals surface area contributed by atoms with Crippen molar-refractivity contribution in [3.63, 3.8) is 0 Å². The molecule has 262 valence electrons. The first kappa shape index (κ1) is 34.6. The van der Waals surface area contributed by atoms with Crippen molar-refractivity contribution >= 4 is 86.4 Å². The summed E-state index contributed by atoms with van der Waals surface area (Å²) >= 11 is 3.68. The van der Waals surface area contributed by atoms with Crippen LogP contribution in [0.15, 0.2) is 82.8 Å². The van der Waals surface area contributed by atoms with E-state index in [2.05, 4.69) is 101 Å². The standard InChI is InChI=1S/C38H42BrN10OP/c1-41-21-25(20-40)28-18-33(35(50-2)19-34(28)49-16-14-48(15-17-49)26-6-5-13-42-22-26)46-38-43-23-29(39)37(47-38)45-32-12-11-31-27(36(32)51(3)4)9-10-30(44-31)24-7-8-24/h5-6,9-13,18-24H,7-8,14-17,40H2,1-4H3,(H2,43,45,46,47). The molecule has 0 radical (unpaired) electrons. The van der Waals surface area contributed by atoms with E-state index in [0.717, 1.165) is 64.4 Å². The molecule has 13 heteroatoms. The van der Waals surface area contributed by atoms with Gasteiger partial charge in [-0.05, 0) is 78.5 Å². The molecular weight excluding hydrogens is 723 g/mol. The van der Waals surface area contributed by atoms with E-state index in [9.17, 15) is 0 Å². The maximum atomic E-state index is 6.18. The number of hydrogen-bond acceptors (Lipinski definition) is 11. The Balaban J connectivity index is 1.19. The molecule has 11 nitrogen and oxygen atoms in total. The number of methoxy groups -OCH3 is 1. The smallest absolute Gasteiger partial charge is 0.229 e. The van der Waals surface area contributed by atoms with Gasteiger partial charge in [-0.1, -0.05) is 14.0 Å². The first-order valence-electron chi connectivity index (χ1n) is 17.0. The average molecular weight is 766 g/mol. The number of fused-ring (bicyclic) bond motifs is 1. The average Bonchev–Trinajstić information content (AvgIpc) is 4.01. The number of pyridine rings is 2. The molecule has 2 fully saturated rings. The third kappa shape index (κ3) is 7.48. The number of allylic oxidation sites excluding steroid dienone is 1. The molecule has 5 aromatic rings. The number of piperazine rings is 1. The van der Waals surface area contributed by atoms with Crippen LogP contribution >= 0.6 is 23.9 Å². The van der Waals surface area contributed by atoms with Crippen LogP contribution in [0.4, 0.5) is 34.5 Å². The van der Waals surface area contributed by atoms with Crippen LogP contribution in [-0.4, -0.2) is 79.8 Å². The van der Waals surface area contributed by atoms with Crippen LogP contribution in [0.25, 0.3) is 16.5 Å². The minimum atomic E-state index is -0.453. The van der Waals surface area contributed by atoms with Gasteiger partial charge in [0, 0.05) is 109 Å². The summed E-state index contributed by atoms with van der Waals surface area (Å²) in [4.78, 5) is 27.8. The Morgan fingerprint density at radius 1 is 1.00 bits per heavy atom. The van der Waals surface area contributed by atoms with Gasteiger partial charge in [0.2, 0.25) is 5.95 Å². The molecule has 7 rings (SSSR count). The molecule has 0 amide bonds. The van der Waals surface area contributed by atoms with Gasteiger partial charge in [0.15, 0.2) is 0 Å². The van der Waals surface area contributed by atoms with Crippen molar-refractivity contribution in [1.29, 1.82) is 0 Å². The summed E-state index contributed by atoms with van der Waals surface area (Å²) in [5.74, 6) is 2.33. The number of aromatic nitrogens is 4. The van der Waals surface area contributed by atoms with Crippen molar-refractivity contribution in [3.8, 4) is 5.75 Å². The maximum Gasteiger partial charge on any atom is 0.229 e. The zero-order valence-corrected chi connectivity index (χ0v) is 31.7. The molecule has 0 bridgehead atoms. The molecule has 4 N–H and O–H groups in total. The number of anilines is 6. The largest absolute Gasteiger partial charge is 0.494 e. The highest BCUT2D eigenvalue weighted by Crippen LogP contribution is 2.42. The summed E-state index contributed by atoms with van der Waals surface area (Å²) in [5.41, 5.74) is 14.0. The summed E-state index contributed by atoms with van der Waals surface area (Å²) in [6.45, 7) is 7.88. The maximum absolute atomic E-state index is 6.18. The molecule has 4 heterocycles. The normalized spacial score (nSPS) is 15.2. The van der Waals surface area contributed by atoms with Gasteiger partial charge in [0.25, 0.3) is 0 Å². The molecule has 2 aliphatic rings. The summed E-state index contributed by atoms with van der Waals surface area (Å²) in [5, 5.41) is 9.47. The quantitative estimate of drug-likeness (QED) is 0.0935. The van der Waals surface area contributed by atoms with Crippen LogP contribution in [0.1, 0.15) is 30.0 Å². The number of halogens is 1. The fourth-order valence-corrected chi connectivity index (χ4v) is 8.15. The lowest BCUT2D eigenvalue weighted by Gasteiger charge is -2.38. The second kappa shape index (κ2) is 15.2. The van der Waals surface area contributed by atoms with Gasteiger partial charge >= 0.3 is 0 Å². The van der Waals surface area contributed by atoms with Gasteiger partial charge in [-0.2, -0.15) is 4.98 Å². The first-order chi connectivity index (χ1) is 24.9. The number of nitrogens with zero attached hydrogens (tertiary/aromatic N) is 7. The third-order valence-electron chi connectivity index (χ3n) is 9.26. The number of ether oxygens (including phenoxy) is 1. The van der Waals surface area contributed by atoms with E-state index in [0.29, 0.717) is 29.1 Å². The fraction of sp³-hybridized carbons (Fsp3) is 0.289. The predicted molar refractivity (Wildman–Crippen MR) is 217 cm³/mol. The summed E-state index contributed by atoms with van der Waals surface area (Å²) in [6.07, 6.45) is 11.3. The number of benzene rings is 2. The molecule has 51 heavy (non-hydrogen) atoms. The minimum Gasteiger partial charge on any atom is -0.494 e. The number of nitrogens with one attached hydrogen (secondary N) is 2. The molecular formula is C38H42BrN10OP. The van der Waals surface area contributed by atoms with E-state index in [-0.39, 0.29) is 0 Å². The van der Waals surface area contributed by atoms with Gasteiger partial charge in [-0.25, -0.2) is 4.98 Å². The number of rotatable bonds is 11. The first-order valence-corrected chi connectivity index (χ1v) is 20.0. The molecule has 0 spiro atoms. The monoisotopic (exact) mass is 764 g/mol. The van der Waals surface area contributed by atoms with Crippen LogP contribution in [0, 0.1) is 0 Å². The zero-order chi connectivity index (χ0) is 35.5. The topological polar surface area (TPSA) is 130 Å². The molecule has 1 aliphatic carbocycles. The van der Waals surface area contributed by atoms with Crippen molar-refractivity contribution in [1.82, 2.24) is 19.9 Å². The molecule has 0 unspecified atom stereocenters. The van der Waals surface area contributed by atoms with Crippen molar-refractivity contribution in [2.75, 3.05) is 74.1 Å². The number of nitrogens with two attached hydrogens (primary N) is 1. The lowest BCUT2D eigenvalue weighted by Crippen LogP contribution is -2.46. The van der Waals surface area contributed by atoms with Crippen LogP contribution in [0.5, 0.6) is 5.75 Å². The molecule has 2 aromatic carbocycles. The van der Waals surface area contributed by atoms with Gasteiger partial charge in [0.1, 0.15) is 11.6 Å². The summed E-state index contributed by atoms with van der Waals surface area (Å²) < 4.78 is 6.70. The Morgan fingerprint density at radius 3 is 2.49 bits per heavy atom. The summed E-state index contributed by atoms with van der Waals surface area (Å²) in [6, 6.07) is 16.8. The van der Waals surface area contributed by atoms with Crippen LogP contribution < -0.4 is 36.2 Å². The second-order valence-corrected chi connectivity index (χ2v) is 15.9. The summed E-state index contributed by atoms with van der Waals surface area (Å²) in [7, 11) is 2.96. The van der Waals surface area contributed by atoms with Crippen LogP contribution in [0.2, 0.25) is 0 Å². The highest BCUT2D eigenvalue weighted by atomic mass is 79.9. The van der Waals surface area contributed by atoms with E-state index < -0.39 is 7.92 Å². The Bertz CT molecular complexity index is 2100. The van der Waals surface area contributed by atoms with E-state index in [1.165, 1.54) is 29.2 Å².